The maximum absolute atomic E-state index is 12.6. The molecular weight excluding hydrogens is 546 g/mol. The second-order valence-electron chi connectivity index (χ2n) is 8.88. The number of carbonyl (C=O) groups is 5. The number of carboxylic acid groups (broad SMARTS) is 2. The van der Waals surface area contributed by atoms with E-state index in [0.717, 1.165) is 25.9 Å². The average Bonchev–Trinajstić information content (AvgIpc) is 2.85. The summed E-state index contributed by atoms with van der Waals surface area (Å²) in [7, 11) is 0. The monoisotopic (exact) mass is 576 g/mol. The maximum Gasteiger partial charge on any atom is 0.490 e. The van der Waals surface area contributed by atoms with Crippen LogP contribution in [0.2, 0.25) is 0 Å². The lowest BCUT2D eigenvalue weighted by Gasteiger charge is -2.32. The van der Waals surface area contributed by atoms with Crippen LogP contribution in [-0.2, 0) is 24.0 Å². The quantitative estimate of drug-likeness (QED) is 0.211. The molecule has 39 heavy (non-hydrogen) atoms. The van der Waals surface area contributed by atoms with E-state index >= 15 is 0 Å². The number of nitrogens with one attached hydrogen (secondary N) is 3. The zero-order chi connectivity index (χ0) is 29.8. The van der Waals surface area contributed by atoms with Crippen LogP contribution in [0.1, 0.15) is 32.1 Å². The van der Waals surface area contributed by atoms with Crippen LogP contribution < -0.4 is 16.0 Å². The van der Waals surface area contributed by atoms with Crippen molar-refractivity contribution in [2.75, 3.05) is 32.7 Å². The van der Waals surface area contributed by atoms with Crippen molar-refractivity contribution in [3.05, 3.63) is 12.2 Å². The third-order valence-corrected chi connectivity index (χ3v) is 5.78. The molecule has 2 rings (SSSR count). The third-order valence-electron chi connectivity index (χ3n) is 5.78. The molecule has 3 amide bonds. The first-order chi connectivity index (χ1) is 18.0. The molecule has 5 N–H and O–H groups in total. The van der Waals surface area contributed by atoms with Crippen LogP contribution >= 0.6 is 0 Å². The van der Waals surface area contributed by atoms with Gasteiger partial charge in [0.15, 0.2) is 0 Å². The third kappa shape index (κ3) is 13.3. The van der Waals surface area contributed by atoms with E-state index in [-0.39, 0.29) is 12.5 Å². The summed E-state index contributed by atoms with van der Waals surface area (Å²) >= 11 is 0. The lowest BCUT2D eigenvalue weighted by atomic mass is 9.95. The minimum atomic E-state index is -5.11. The number of carboxylic acids is 2. The topological polar surface area (TPSA) is 165 Å². The van der Waals surface area contributed by atoms with Crippen LogP contribution in [-0.4, -0.2) is 95.9 Å². The molecule has 0 aromatic carbocycles. The number of carbonyl (C=O) groups excluding carboxylic acids is 3. The number of halogens is 6. The Morgan fingerprint density at radius 3 is 2.08 bits per heavy atom. The van der Waals surface area contributed by atoms with Gasteiger partial charge in [0.1, 0.15) is 0 Å². The second-order valence-corrected chi connectivity index (χ2v) is 8.88. The fourth-order valence-corrected chi connectivity index (χ4v) is 3.77. The number of allylic oxidation sites excluding steroid dienone is 1. The minimum Gasteiger partial charge on any atom is -0.481 e. The number of piperidine rings is 2. The van der Waals surface area contributed by atoms with Gasteiger partial charge in [0, 0.05) is 19.6 Å². The Morgan fingerprint density at radius 2 is 1.56 bits per heavy atom. The molecule has 17 heteroatoms. The summed E-state index contributed by atoms with van der Waals surface area (Å²) in [5.74, 6) is -7.36. The molecule has 0 aliphatic carbocycles. The molecule has 0 bridgehead atoms. The Bertz CT molecular complexity index is 904. The van der Waals surface area contributed by atoms with Gasteiger partial charge in [-0.3, -0.25) is 19.2 Å². The van der Waals surface area contributed by atoms with Crippen molar-refractivity contribution in [3.63, 3.8) is 0 Å². The molecule has 0 spiro atoms. The molecule has 2 aliphatic rings. The molecule has 2 aliphatic heterocycles. The maximum atomic E-state index is 12.6. The number of hydrogen-bond donors (Lipinski definition) is 5. The molecule has 0 aromatic rings. The molecule has 0 radical (unpaired) electrons. The van der Waals surface area contributed by atoms with Gasteiger partial charge in [-0.05, 0) is 50.8 Å². The predicted octanol–water partition coefficient (Wildman–Crippen LogP) is 1.05. The highest BCUT2D eigenvalue weighted by Gasteiger charge is 2.39. The lowest BCUT2D eigenvalue weighted by Crippen LogP contribution is -2.51. The largest absolute Gasteiger partial charge is 0.490 e. The van der Waals surface area contributed by atoms with Crippen molar-refractivity contribution < 1.29 is 60.5 Å². The van der Waals surface area contributed by atoms with Crippen LogP contribution in [0.25, 0.3) is 0 Å². The van der Waals surface area contributed by atoms with Crippen LogP contribution in [0.3, 0.4) is 0 Å². The van der Waals surface area contributed by atoms with E-state index < -0.39 is 61.0 Å². The van der Waals surface area contributed by atoms with Crippen LogP contribution in [0.4, 0.5) is 26.3 Å². The van der Waals surface area contributed by atoms with Crippen LogP contribution in [0.15, 0.2) is 12.2 Å². The van der Waals surface area contributed by atoms with E-state index in [1.807, 2.05) is 6.08 Å². The Kier molecular flexibility index (Phi) is 13.2. The van der Waals surface area contributed by atoms with Crippen LogP contribution in [0.5, 0.6) is 0 Å². The number of nitrogens with zero attached hydrogens (tertiary/aromatic N) is 1. The predicted molar refractivity (Wildman–Crippen MR) is 121 cm³/mol. The zero-order valence-electron chi connectivity index (χ0n) is 20.6. The van der Waals surface area contributed by atoms with Gasteiger partial charge in [-0.15, -0.1) is 0 Å². The molecule has 2 atom stereocenters. The summed E-state index contributed by atoms with van der Waals surface area (Å²) in [6, 6.07) is -1.21. The smallest absolute Gasteiger partial charge is 0.481 e. The molecule has 2 saturated heterocycles. The lowest BCUT2D eigenvalue weighted by molar-refractivity contribution is -0.192. The van der Waals surface area contributed by atoms with Gasteiger partial charge >= 0.3 is 30.2 Å². The van der Waals surface area contributed by atoms with Gasteiger partial charge in [-0.2, -0.15) is 26.3 Å². The number of hydrogen-bond acceptors (Lipinski definition) is 6. The van der Waals surface area contributed by atoms with Crippen molar-refractivity contribution >= 4 is 29.7 Å². The molecule has 0 aromatic heterocycles. The Labute approximate surface area is 219 Å². The average molecular weight is 576 g/mol. The summed E-state index contributed by atoms with van der Waals surface area (Å²) in [6.07, 6.45) is -4.51. The van der Waals surface area contributed by atoms with Crippen molar-refractivity contribution in [1.29, 1.82) is 0 Å². The molecule has 0 saturated carbocycles. The van der Waals surface area contributed by atoms with Gasteiger partial charge in [0.05, 0.1) is 18.4 Å². The summed E-state index contributed by atoms with van der Waals surface area (Å²) in [6.45, 7) is 1.74. The van der Waals surface area contributed by atoms with Gasteiger partial charge in [-0.1, -0.05) is 6.08 Å². The summed E-state index contributed by atoms with van der Waals surface area (Å²) in [5.41, 5.74) is 0. The van der Waals surface area contributed by atoms with E-state index in [9.17, 15) is 45.5 Å². The second kappa shape index (κ2) is 15.3. The highest BCUT2D eigenvalue weighted by molar-refractivity contribution is 5.88. The number of alkyl halides is 6. The molecule has 0 unspecified atom stereocenters. The van der Waals surface area contributed by atoms with Gasteiger partial charge in [0.25, 0.3) is 0 Å². The van der Waals surface area contributed by atoms with E-state index in [1.54, 1.807) is 10.2 Å². The molecule has 11 nitrogen and oxygen atoms in total. The number of rotatable bonds is 8. The van der Waals surface area contributed by atoms with E-state index in [4.69, 9.17) is 15.0 Å². The first-order valence-corrected chi connectivity index (χ1v) is 11.9. The van der Waals surface area contributed by atoms with Crippen LogP contribution in [0, 0.1) is 11.8 Å². The van der Waals surface area contributed by atoms with Gasteiger partial charge < -0.3 is 31.1 Å². The van der Waals surface area contributed by atoms with Gasteiger partial charge in [0.2, 0.25) is 11.8 Å². The highest BCUT2D eigenvalue weighted by Crippen LogP contribution is 2.19. The minimum absolute atomic E-state index is 0.135. The van der Waals surface area contributed by atoms with Crippen molar-refractivity contribution in [2.45, 2.75) is 50.5 Å². The Morgan fingerprint density at radius 1 is 0.974 bits per heavy atom. The molecule has 222 valence electrons. The van der Waals surface area contributed by atoms with Crippen molar-refractivity contribution in [3.8, 4) is 0 Å². The standard InChI is InChI=1S/C20H29F3N4O5.C2HF3O2/c21-20(22,23)19(32)25-11-15(10-17(29)30)26-18(31)14-2-1-9-27(12-14)16(28)4-3-13-5-7-24-8-6-13;3-2(4,5)1(6)7/h3-4,13-15,24H,1-2,5-12H2,(H,25,32)(H,26,31)(H,29,30);(H,6,7)/b4-3+;/t14-,15+;/m1./s1. The van der Waals surface area contributed by atoms with E-state index in [1.165, 1.54) is 6.08 Å². The van der Waals surface area contributed by atoms with E-state index in [0.29, 0.717) is 25.3 Å². The normalized spacial score (nSPS) is 19.4. The number of likely N-dealkylation sites (tertiary alicyclic amines) is 1. The molecular formula is C22H30F6N4O7. The van der Waals surface area contributed by atoms with Gasteiger partial charge in [-0.25, -0.2) is 4.79 Å². The molecule has 2 heterocycles. The summed E-state index contributed by atoms with van der Waals surface area (Å²) in [5, 5.41) is 23.3. The number of aliphatic carboxylic acids is 2. The number of amides is 3. The fourth-order valence-electron chi connectivity index (χ4n) is 3.77. The zero-order valence-corrected chi connectivity index (χ0v) is 20.6. The first kappa shape index (κ1) is 33.7. The van der Waals surface area contributed by atoms with Crippen molar-refractivity contribution in [2.24, 2.45) is 11.8 Å². The SMILES string of the molecule is O=C(O)C(F)(F)F.O=C(O)C[C@@H](CNC(=O)C(F)(F)F)NC(=O)[C@@H]1CCCN(C(=O)/C=C/C2CCNCC2)C1. The Hall–Kier alpha value is -3.37. The summed E-state index contributed by atoms with van der Waals surface area (Å²) < 4.78 is 68.8. The van der Waals surface area contributed by atoms with Crippen molar-refractivity contribution in [1.82, 2.24) is 20.9 Å². The Balaban J connectivity index is 0.000000956. The first-order valence-electron chi connectivity index (χ1n) is 11.9. The summed E-state index contributed by atoms with van der Waals surface area (Å²) in [4.78, 5) is 57.5. The molecule has 2 fully saturated rings. The fraction of sp³-hybridized carbons (Fsp3) is 0.682. The van der Waals surface area contributed by atoms with E-state index in [2.05, 4.69) is 10.6 Å². The highest BCUT2D eigenvalue weighted by atomic mass is 19.4.